The maximum Gasteiger partial charge on any atom is 0.341 e. The van der Waals surface area contributed by atoms with Gasteiger partial charge in [0.25, 0.3) is 0 Å². The first-order valence-corrected chi connectivity index (χ1v) is 7.00. The fraction of sp³-hybridized carbons (Fsp3) is 0.176. The van der Waals surface area contributed by atoms with Crippen molar-refractivity contribution in [1.29, 1.82) is 0 Å². The van der Waals surface area contributed by atoms with Gasteiger partial charge >= 0.3 is 11.9 Å². The standard InChI is InChI=1S/C17H16O6.2H3N/c18-14-8-3-1-6-12(14)16(20)22-10-5-11-23-17(21)13-7-2-4-9-15(13)19;;/h1-4,6-9,18-19H,5,10-11H2;2*1H3. The lowest BCUT2D eigenvalue weighted by atomic mass is 10.2. The highest BCUT2D eigenvalue weighted by Gasteiger charge is 2.13. The zero-order chi connectivity index (χ0) is 16.7. The summed E-state index contributed by atoms with van der Waals surface area (Å²) in [5.41, 5.74) is 0.164. The number of aromatic hydroxyl groups is 2. The van der Waals surface area contributed by atoms with E-state index in [-0.39, 0.29) is 48.1 Å². The number of carbonyl (C=O) groups excluding carboxylic acids is 2. The van der Waals surface area contributed by atoms with Crippen LogP contribution in [0.3, 0.4) is 0 Å². The molecule has 25 heavy (non-hydrogen) atoms. The van der Waals surface area contributed by atoms with E-state index >= 15 is 0 Å². The summed E-state index contributed by atoms with van der Waals surface area (Å²) in [6, 6.07) is 12.1. The van der Waals surface area contributed by atoms with Crippen molar-refractivity contribution in [2.75, 3.05) is 13.2 Å². The lowest BCUT2D eigenvalue weighted by Crippen LogP contribution is -2.11. The molecular weight excluding hydrogens is 328 g/mol. The fourth-order valence-electron chi connectivity index (χ4n) is 1.84. The van der Waals surface area contributed by atoms with Crippen molar-refractivity contribution in [2.45, 2.75) is 6.42 Å². The molecule has 0 saturated heterocycles. The molecule has 0 aliphatic heterocycles. The van der Waals surface area contributed by atoms with Gasteiger partial charge in [0.1, 0.15) is 22.6 Å². The first-order valence-electron chi connectivity index (χ1n) is 7.00. The van der Waals surface area contributed by atoms with Crippen LogP contribution in [-0.4, -0.2) is 35.4 Å². The zero-order valence-corrected chi connectivity index (χ0v) is 13.7. The summed E-state index contributed by atoms with van der Waals surface area (Å²) in [7, 11) is 0. The van der Waals surface area contributed by atoms with Crippen LogP contribution >= 0.6 is 0 Å². The van der Waals surface area contributed by atoms with Gasteiger partial charge in [-0.1, -0.05) is 24.3 Å². The lowest BCUT2D eigenvalue weighted by molar-refractivity contribution is 0.0393. The molecule has 0 bridgehead atoms. The van der Waals surface area contributed by atoms with Gasteiger partial charge in [-0.25, -0.2) is 9.59 Å². The predicted molar refractivity (Wildman–Crippen MR) is 91.4 cm³/mol. The Bertz CT molecular complexity index is 646. The van der Waals surface area contributed by atoms with Crippen molar-refractivity contribution in [2.24, 2.45) is 0 Å². The molecule has 0 heterocycles. The Hall–Kier alpha value is -3.10. The second kappa shape index (κ2) is 10.6. The Morgan fingerprint density at radius 3 is 1.44 bits per heavy atom. The van der Waals surface area contributed by atoms with Crippen molar-refractivity contribution >= 4 is 11.9 Å². The van der Waals surface area contributed by atoms with Crippen LogP contribution in [0, 0.1) is 0 Å². The number of hydrogen-bond donors (Lipinski definition) is 4. The molecular formula is C17H22N2O6. The summed E-state index contributed by atoms with van der Waals surface area (Å²) in [6.45, 7) is 0.0858. The summed E-state index contributed by atoms with van der Waals surface area (Å²) >= 11 is 0. The Labute approximate surface area is 145 Å². The molecule has 0 atom stereocenters. The SMILES string of the molecule is N.N.O=C(OCCCOC(=O)c1ccccc1O)c1ccccc1O. The van der Waals surface area contributed by atoms with Gasteiger partial charge in [0.2, 0.25) is 0 Å². The normalized spacial score (nSPS) is 9.28. The summed E-state index contributed by atoms with van der Waals surface area (Å²) in [5, 5.41) is 19.0. The number of phenols is 2. The first-order chi connectivity index (χ1) is 11.1. The second-order valence-corrected chi connectivity index (χ2v) is 4.66. The lowest BCUT2D eigenvalue weighted by Gasteiger charge is -2.07. The van der Waals surface area contributed by atoms with Crippen molar-refractivity contribution < 1.29 is 29.3 Å². The molecule has 8 N–H and O–H groups in total. The molecule has 0 spiro atoms. The van der Waals surface area contributed by atoms with Crippen molar-refractivity contribution in [3.8, 4) is 11.5 Å². The molecule has 2 aromatic carbocycles. The van der Waals surface area contributed by atoms with Crippen LogP contribution in [0.1, 0.15) is 27.1 Å². The summed E-state index contributed by atoms with van der Waals surface area (Å²) < 4.78 is 9.96. The smallest absolute Gasteiger partial charge is 0.341 e. The number of rotatable bonds is 6. The highest BCUT2D eigenvalue weighted by atomic mass is 16.5. The Kier molecular flexibility index (Phi) is 9.31. The molecule has 2 rings (SSSR count). The van der Waals surface area contributed by atoms with E-state index < -0.39 is 11.9 Å². The van der Waals surface area contributed by atoms with Gasteiger partial charge in [-0.15, -0.1) is 0 Å². The quantitative estimate of drug-likeness (QED) is 0.456. The fourth-order valence-corrected chi connectivity index (χ4v) is 1.84. The van der Waals surface area contributed by atoms with Gasteiger partial charge in [-0.2, -0.15) is 0 Å². The monoisotopic (exact) mass is 350 g/mol. The highest BCUT2D eigenvalue weighted by Crippen LogP contribution is 2.17. The van der Waals surface area contributed by atoms with E-state index in [9.17, 15) is 19.8 Å². The molecule has 2 aromatic rings. The van der Waals surface area contributed by atoms with Crippen LogP contribution in [0.2, 0.25) is 0 Å². The second-order valence-electron chi connectivity index (χ2n) is 4.66. The van der Waals surface area contributed by atoms with Crippen LogP contribution in [0.4, 0.5) is 0 Å². The third-order valence-corrected chi connectivity index (χ3v) is 3.00. The van der Waals surface area contributed by atoms with E-state index in [1.54, 1.807) is 24.3 Å². The molecule has 136 valence electrons. The van der Waals surface area contributed by atoms with Gasteiger partial charge in [-0.05, 0) is 24.3 Å². The number of hydrogen-bond acceptors (Lipinski definition) is 8. The summed E-state index contributed by atoms with van der Waals surface area (Å²) in [5.74, 6) is -1.59. The largest absolute Gasteiger partial charge is 0.507 e. The van der Waals surface area contributed by atoms with Gasteiger partial charge < -0.3 is 32.0 Å². The average molecular weight is 350 g/mol. The number of esters is 2. The number of carbonyl (C=O) groups is 2. The molecule has 0 aliphatic rings. The Balaban J connectivity index is 0.00000288. The maximum atomic E-state index is 11.7. The van der Waals surface area contributed by atoms with E-state index in [4.69, 9.17) is 9.47 Å². The predicted octanol–water partition coefficient (Wildman–Crippen LogP) is 2.83. The van der Waals surface area contributed by atoms with Gasteiger partial charge in [0.05, 0.1) is 13.2 Å². The van der Waals surface area contributed by atoms with E-state index in [1.807, 2.05) is 0 Å². The van der Waals surface area contributed by atoms with Crippen LogP contribution in [0.15, 0.2) is 48.5 Å². The topological polar surface area (TPSA) is 163 Å². The van der Waals surface area contributed by atoms with Crippen molar-refractivity contribution in [1.82, 2.24) is 12.3 Å². The van der Waals surface area contributed by atoms with E-state index in [0.29, 0.717) is 6.42 Å². The average Bonchev–Trinajstić information content (AvgIpc) is 2.55. The third-order valence-electron chi connectivity index (χ3n) is 3.00. The molecule has 0 aromatic heterocycles. The van der Waals surface area contributed by atoms with Gasteiger partial charge in [-0.3, -0.25) is 0 Å². The summed E-state index contributed by atoms with van der Waals surface area (Å²) in [4.78, 5) is 23.4. The molecule has 0 radical (unpaired) electrons. The van der Waals surface area contributed by atoms with Gasteiger partial charge in [0, 0.05) is 6.42 Å². The molecule has 0 amide bonds. The molecule has 0 aliphatic carbocycles. The summed E-state index contributed by atoms with van der Waals surface area (Å²) in [6.07, 6.45) is 0.304. The Morgan fingerprint density at radius 1 is 0.720 bits per heavy atom. The minimum absolute atomic E-state index is 0. The minimum Gasteiger partial charge on any atom is -0.507 e. The van der Waals surface area contributed by atoms with E-state index in [2.05, 4.69) is 0 Å². The minimum atomic E-state index is -0.643. The van der Waals surface area contributed by atoms with Crippen LogP contribution in [0.25, 0.3) is 0 Å². The molecule has 8 heteroatoms. The van der Waals surface area contributed by atoms with E-state index in [0.717, 1.165) is 0 Å². The van der Waals surface area contributed by atoms with Crippen molar-refractivity contribution in [3.05, 3.63) is 59.7 Å². The first kappa shape index (κ1) is 21.9. The van der Waals surface area contributed by atoms with E-state index in [1.165, 1.54) is 24.3 Å². The van der Waals surface area contributed by atoms with Gasteiger partial charge in [0.15, 0.2) is 0 Å². The maximum absolute atomic E-state index is 11.7. The van der Waals surface area contributed by atoms with Crippen LogP contribution in [0.5, 0.6) is 11.5 Å². The number of phenolic OH excluding ortho intramolecular Hbond substituents is 2. The van der Waals surface area contributed by atoms with Crippen LogP contribution < -0.4 is 12.3 Å². The Morgan fingerprint density at radius 2 is 1.08 bits per heavy atom. The van der Waals surface area contributed by atoms with Crippen molar-refractivity contribution in [3.63, 3.8) is 0 Å². The number of benzene rings is 2. The molecule has 0 fully saturated rings. The number of ether oxygens (including phenoxy) is 2. The zero-order valence-electron chi connectivity index (χ0n) is 13.7. The molecule has 8 nitrogen and oxygen atoms in total. The third kappa shape index (κ3) is 6.13. The number of para-hydroxylation sites is 2. The molecule has 0 saturated carbocycles. The molecule has 0 unspecified atom stereocenters. The van der Waals surface area contributed by atoms with Crippen LogP contribution in [-0.2, 0) is 9.47 Å². The highest BCUT2D eigenvalue weighted by molar-refractivity contribution is 5.92.